The van der Waals surface area contributed by atoms with Crippen molar-refractivity contribution in [3.8, 4) is 0 Å². The first kappa shape index (κ1) is 12.4. The predicted molar refractivity (Wildman–Crippen MR) is 60.0 cm³/mol. The van der Waals surface area contributed by atoms with Crippen LogP contribution in [-0.4, -0.2) is 56.3 Å². The van der Waals surface area contributed by atoms with Gasteiger partial charge in [-0.15, -0.1) is 0 Å². The number of likely N-dealkylation sites (N-methyl/N-ethyl adjacent to an activating group) is 1. The van der Waals surface area contributed by atoms with Gasteiger partial charge in [-0.05, 0) is 6.92 Å². The summed E-state index contributed by atoms with van der Waals surface area (Å²) >= 11 is 0. The Morgan fingerprint density at radius 1 is 1.18 bits per heavy atom. The van der Waals surface area contributed by atoms with E-state index in [9.17, 15) is 9.59 Å². The Balaban J connectivity index is 2.13. The van der Waals surface area contributed by atoms with Crippen molar-refractivity contribution in [2.75, 3.05) is 27.7 Å². The number of hydrogen-bond donors (Lipinski definition) is 0. The average molecular weight is 242 g/mol. The van der Waals surface area contributed by atoms with Gasteiger partial charge in [-0.1, -0.05) is 0 Å². The number of nitrogens with zero attached hydrogens (tertiary/aromatic N) is 1. The molecule has 0 aromatic heterocycles. The number of carbonyl (C=O) groups is 2. The highest BCUT2D eigenvalue weighted by Gasteiger charge is 2.61. The Morgan fingerprint density at radius 3 is 2.24 bits per heavy atom. The number of cyclic esters (lactones) is 2. The fourth-order valence-electron chi connectivity index (χ4n) is 2.74. The molecule has 2 saturated heterocycles. The third-order valence-electron chi connectivity index (χ3n) is 3.33. The van der Waals surface area contributed by atoms with E-state index < -0.39 is 17.4 Å². The number of carbonyl (C=O) groups excluding carboxylic acids is 2. The van der Waals surface area contributed by atoms with E-state index in [0.717, 1.165) is 6.54 Å². The van der Waals surface area contributed by atoms with Gasteiger partial charge in [0.1, 0.15) is 12.6 Å². The van der Waals surface area contributed by atoms with Gasteiger partial charge in [0.25, 0.3) is 0 Å². The van der Waals surface area contributed by atoms with E-state index in [-0.39, 0.29) is 12.2 Å². The fraction of sp³-hybridized carbons (Fsp3) is 0.833. The van der Waals surface area contributed by atoms with Crippen LogP contribution in [0.5, 0.6) is 0 Å². The molecule has 0 aromatic rings. The summed E-state index contributed by atoms with van der Waals surface area (Å²) in [5.41, 5.74) is -1.01. The molecule has 3 unspecified atom stereocenters. The molecular weight excluding hydrogens is 222 g/mol. The lowest BCUT2D eigenvalue weighted by Gasteiger charge is -2.26. The van der Waals surface area contributed by atoms with Gasteiger partial charge in [-0.3, -0.25) is 9.59 Å². The minimum atomic E-state index is -1.01. The molecule has 3 atom stereocenters. The first-order valence-electron chi connectivity index (χ1n) is 5.95. The monoisotopic (exact) mass is 242 g/mol. The quantitative estimate of drug-likeness (QED) is 0.398. The van der Waals surface area contributed by atoms with E-state index in [1.54, 1.807) is 0 Å². The van der Waals surface area contributed by atoms with Gasteiger partial charge < -0.3 is 14.0 Å². The second-order valence-electron chi connectivity index (χ2n) is 6.21. The summed E-state index contributed by atoms with van der Waals surface area (Å²) in [6, 6.07) is 0. The maximum Gasteiger partial charge on any atom is 0.324 e. The summed E-state index contributed by atoms with van der Waals surface area (Å²) in [5.74, 6) is -0.802. The molecule has 0 radical (unpaired) electrons. The lowest BCUT2D eigenvalue weighted by molar-refractivity contribution is -0.873. The second kappa shape index (κ2) is 3.70. The maximum atomic E-state index is 11.9. The van der Waals surface area contributed by atoms with Crippen LogP contribution in [0.2, 0.25) is 0 Å². The molecule has 2 aliphatic rings. The normalized spacial score (nSPS) is 37.4. The van der Waals surface area contributed by atoms with Gasteiger partial charge in [0.2, 0.25) is 0 Å². The molecule has 2 aliphatic heterocycles. The molecular formula is C12H20NO4+. The number of hydrogen-bond acceptors (Lipinski definition) is 4. The van der Waals surface area contributed by atoms with Gasteiger partial charge in [0.15, 0.2) is 11.5 Å². The molecule has 0 amide bonds. The van der Waals surface area contributed by atoms with Crippen LogP contribution >= 0.6 is 0 Å². The molecule has 2 fully saturated rings. The highest BCUT2D eigenvalue weighted by atomic mass is 16.6. The van der Waals surface area contributed by atoms with Crippen molar-refractivity contribution in [1.29, 1.82) is 0 Å². The zero-order valence-corrected chi connectivity index (χ0v) is 10.9. The molecule has 17 heavy (non-hydrogen) atoms. The van der Waals surface area contributed by atoms with Crippen molar-refractivity contribution in [1.82, 2.24) is 0 Å². The first-order valence-corrected chi connectivity index (χ1v) is 5.95. The SMILES string of the molecule is CC1CC2(CC(C[N+](C)(C)C)OC2=O)C(=O)O1. The highest BCUT2D eigenvalue weighted by Crippen LogP contribution is 2.44. The molecule has 2 heterocycles. The summed E-state index contributed by atoms with van der Waals surface area (Å²) in [7, 11) is 6.11. The molecule has 0 aromatic carbocycles. The summed E-state index contributed by atoms with van der Waals surface area (Å²) in [4.78, 5) is 23.7. The fourth-order valence-corrected chi connectivity index (χ4v) is 2.74. The van der Waals surface area contributed by atoms with Crippen molar-refractivity contribution in [3.63, 3.8) is 0 Å². The summed E-state index contributed by atoms with van der Waals surface area (Å²) < 4.78 is 11.1. The highest BCUT2D eigenvalue weighted by molar-refractivity contribution is 6.02. The lowest BCUT2D eigenvalue weighted by Crippen LogP contribution is -2.41. The Morgan fingerprint density at radius 2 is 1.76 bits per heavy atom. The van der Waals surface area contributed by atoms with Crippen LogP contribution in [0.4, 0.5) is 0 Å². The Hall–Kier alpha value is -1.10. The first-order chi connectivity index (χ1) is 7.73. The summed E-state index contributed by atoms with van der Waals surface area (Å²) in [6.07, 6.45) is 0.557. The van der Waals surface area contributed by atoms with Crippen molar-refractivity contribution < 1.29 is 23.5 Å². The minimum Gasteiger partial charge on any atom is -0.462 e. The number of rotatable bonds is 2. The predicted octanol–water partition coefficient (Wildman–Crippen LogP) is 0.330. The van der Waals surface area contributed by atoms with E-state index in [2.05, 4.69) is 0 Å². The Kier molecular flexibility index (Phi) is 2.69. The molecule has 0 aliphatic carbocycles. The third-order valence-corrected chi connectivity index (χ3v) is 3.33. The zero-order valence-electron chi connectivity index (χ0n) is 10.9. The Labute approximate surface area is 101 Å². The van der Waals surface area contributed by atoms with E-state index >= 15 is 0 Å². The zero-order chi connectivity index (χ0) is 12.8. The second-order valence-corrected chi connectivity index (χ2v) is 6.21. The van der Waals surface area contributed by atoms with E-state index in [1.807, 2.05) is 28.1 Å². The molecule has 1 spiro atoms. The smallest absolute Gasteiger partial charge is 0.324 e. The van der Waals surface area contributed by atoms with Gasteiger partial charge in [-0.25, -0.2) is 0 Å². The molecule has 5 heteroatoms. The average Bonchev–Trinajstić information content (AvgIpc) is 2.53. The van der Waals surface area contributed by atoms with E-state index in [1.165, 1.54) is 0 Å². The molecule has 0 bridgehead atoms. The largest absolute Gasteiger partial charge is 0.462 e. The maximum absolute atomic E-state index is 11.9. The molecule has 0 saturated carbocycles. The van der Waals surface area contributed by atoms with Crippen molar-refractivity contribution in [3.05, 3.63) is 0 Å². The van der Waals surface area contributed by atoms with Gasteiger partial charge in [-0.2, -0.15) is 0 Å². The number of ether oxygens (including phenoxy) is 2. The Bertz CT molecular complexity index is 360. The van der Waals surface area contributed by atoms with Crippen LogP contribution in [-0.2, 0) is 19.1 Å². The van der Waals surface area contributed by atoms with Crippen LogP contribution in [0.15, 0.2) is 0 Å². The van der Waals surface area contributed by atoms with Gasteiger partial charge >= 0.3 is 11.9 Å². The van der Waals surface area contributed by atoms with Crippen molar-refractivity contribution >= 4 is 11.9 Å². The van der Waals surface area contributed by atoms with Gasteiger partial charge in [0, 0.05) is 12.8 Å². The summed E-state index contributed by atoms with van der Waals surface area (Å²) in [5, 5.41) is 0. The third kappa shape index (κ3) is 2.16. The van der Waals surface area contributed by atoms with Gasteiger partial charge in [0.05, 0.1) is 21.1 Å². The number of esters is 2. The molecule has 2 rings (SSSR count). The minimum absolute atomic E-state index is 0.180. The lowest BCUT2D eigenvalue weighted by atomic mass is 9.82. The van der Waals surface area contributed by atoms with Crippen molar-refractivity contribution in [2.24, 2.45) is 5.41 Å². The van der Waals surface area contributed by atoms with Crippen LogP contribution in [0.25, 0.3) is 0 Å². The standard InChI is InChI=1S/C12H20NO4/c1-8-5-12(10(14)16-8)6-9(17-11(12)15)7-13(2,3)4/h8-9H,5-7H2,1-4H3/q+1. The van der Waals surface area contributed by atoms with E-state index in [0.29, 0.717) is 17.3 Å². The van der Waals surface area contributed by atoms with Crippen LogP contribution in [0.1, 0.15) is 19.8 Å². The molecule has 5 nitrogen and oxygen atoms in total. The molecule has 0 N–H and O–H groups in total. The number of quaternary nitrogens is 1. The summed E-state index contributed by atoms with van der Waals surface area (Å²) in [6.45, 7) is 2.53. The molecule has 96 valence electrons. The van der Waals surface area contributed by atoms with Crippen LogP contribution < -0.4 is 0 Å². The van der Waals surface area contributed by atoms with Crippen LogP contribution in [0.3, 0.4) is 0 Å². The van der Waals surface area contributed by atoms with Crippen molar-refractivity contribution in [2.45, 2.75) is 32.0 Å². The van der Waals surface area contributed by atoms with Crippen LogP contribution in [0, 0.1) is 5.41 Å². The topological polar surface area (TPSA) is 52.6 Å². The van der Waals surface area contributed by atoms with E-state index in [4.69, 9.17) is 9.47 Å².